The van der Waals surface area contributed by atoms with E-state index in [1.807, 2.05) is 0 Å². The Morgan fingerprint density at radius 1 is 0.373 bits per heavy atom. The lowest BCUT2D eigenvalue weighted by Gasteiger charge is -2.09. The largest absolute Gasteiger partial charge is 0.447 e. The van der Waals surface area contributed by atoms with Crippen LogP contribution in [0.4, 0.5) is 4.79 Å². The molecule has 0 aliphatic carbocycles. The minimum Gasteiger partial charge on any atom is -0.447 e. The molecule has 0 spiro atoms. The minimum atomic E-state index is -0.391. The summed E-state index contributed by atoms with van der Waals surface area (Å²) < 4.78 is 64.5. The van der Waals surface area contributed by atoms with Crippen LogP contribution in [-0.4, -0.2) is 172 Å². The number of hydrogen-bond acceptors (Lipinski definition) is 14. The molecule has 15 heteroatoms. The van der Waals surface area contributed by atoms with Crippen molar-refractivity contribution in [1.29, 1.82) is 0 Å². The predicted molar refractivity (Wildman–Crippen MR) is 195 cm³/mol. The fourth-order valence-corrected chi connectivity index (χ4v) is 4.34. The Morgan fingerprint density at radius 2 is 0.627 bits per heavy atom. The molecule has 0 aliphatic heterocycles. The second kappa shape index (κ2) is 46.8. The predicted octanol–water partition coefficient (Wildman–Crippen LogP) is 3.38. The van der Waals surface area contributed by atoms with E-state index in [0.29, 0.717) is 145 Å². The number of ether oxygens (including phenoxy) is 12. The fraction of sp³-hybridized carbons (Fsp3) is 0.972. The third-order valence-electron chi connectivity index (χ3n) is 7.14. The molecule has 51 heavy (non-hydrogen) atoms. The molecular weight excluding hydrogens is 668 g/mol. The van der Waals surface area contributed by atoms with E-state index in [0.717, 1.165) is 25.8 Å². The molecule has 0 heterocycles. The lowest BCUT2D eigenvalue weighted by molar-refractivity contribution is -0.0275. The number of nitrogens with two attached hydrogens (primary N) is 1. The Morgan fingerprint density at radius 3 is 0.922 bits per heavy atom. The van der Waals surface area contributed by atoms with Gasteiger partial charge >= 0.3 is 6.09 Å². The van der Waals surface area contributed by atoms with Crippen LogP contribution >= 0.6 is 0 Å². The standard InChI is InChI=1S/C36H74N2O13/c1-40-14-15-41-16-17-42-18-19-43-20-21-44-22-23-45-24-25-46-26-27-47-28-29-48-30-31-49-32-33-50-34-35-51-36(39)38-13-11-9-7-5-3-2-4-6-8-10-12-37/h2-35,37H2,1H3,(H,38,39). The zero-order chi connectivity index (χ0) is 36.8. The highest BCUT2D eigenvalue weighted by atomic mass is 16.6. The van der Waals surface area contributed by atoms with Gasteiger partial charge in [0.05, 0.1) is 139 Å². The van der Waals surface area contributed by atoms with Gasteiger partial charge in [0, 0.05) is 13.7 Å². The molecular formula is C36H74N2O13. The molecule has 0 bridgehead atoms. The van der Waals surface area contributed by atoms with Crippen LogP contribution in [0.1, 0.15) is 64.2 Å². The number of methoxy groups -OCH3 is 1. The summed E-state index contributed by atoms with van der Waals surface area (Å²) >= 11 is 0. The summed E-state index contributed by atoms with van der Waals surface area (Å²) in [5.74, 6) is 0. The number of nitrogens with one attached hydrogen (secondary N) is 1. The van der Waals surface area contributed by atoms with Gasteiger partial charge in [0.15, 0.2) is 0 Å². The summed E-state index contributed by atoms with van der Waals surface area (Å²) in [6.07, 6.45) is 11.8. The van der Waals surface area contributed by atoms with Crippen molar-refractivity contribution < 1.29 is 61.6 Å². The highest BCUT2D eigenvalue weighted by Crippen LogP contribution is 2.10. The van der Waals surface area contributed by atoms with Crippen molar-refractivity contribution >= 4 is 6.09 Å². The average molecular weight is 743 g/mol. The van der Waals surface area contributed by atoms with Crippen LogP contribution in [0, 0.1) is 0 Å². The van der Waals surface area contributed by atoms with Crippen molar-refractivity contribution in [1.82, 2.24) is 5.32 Å². The number of unbranched alkanes of at least 4 members (excludes halogenated alkanes) is 9. The molecule has 3 N–H and O–H groups in total. The summed E-state index contributed by atoms with van der Waals surface area (Å²) in [5.41, 5.74) is 5.51. The van der Waals surface area contributed by atoms with Gasteiger partial charge in [-0.25, -0.2) is 4.79 Å². The second-order valence-corrected chi connectivity index (χ2v) is 11.5. The maximum atomic E-state index is 11.7. The lowest BCUT2D eigenvalue weighted by atomic mass is 10.1. The first-order chi connectivity index (χ1) is 25.3. The summed E-state index contributed by atoms with van der Waals surface area (Å²) in [4.78, 5) is 11.7. The number of carbonyl (C=O) groups excluding carboxylic acids is 1. The molecule has 15 nitrogen and oxygen atoms in total. The van der Waals surface area contributed by atoms with Crippen LogP contribution in [0.2, 0.25) is 0 Å². The molecule has 0 rings (SSSR count). The SMILES string of the molecule is COCCOCCOCCOCCOCCOCCOCCOCCOCCOCCOCCOC(=O)NCCCCCCCCCCCCN. The number of rotatable bonds is 45. The summed E-state index contributed by atoms with van der Waals surface area (Å²) in [7, 11) is 1.64. The number of carbonyl (C=O) groups is 1. The van der Waals surface area contributed by atoms with Gasteiger partial charge in [-0.05, 0) is 19.4 Å². The first-order valence-electron chi connectivity index (χ1n) is 19.2. The second-order valence-electron chi connectivity index (χ2n) is 11.5. The van der Waals surface area contributed by atoms with Crippen LogP contribution in [0.15, 0.2) is 0 Å². The molecule has 0 fully saturated rings. The molecule has 0 radical (unpaired) electrons. The summed E-state index contributed by atoms with van der Waals surface area (Å²) in [6.45, 7) is 12.2. The normalized spacial score (nSPS) is 11.4. The Balaban J connectivity index is 3.12. The van der Waals surface area contributed by atoms with Gasteiger partial charge in [0.1, 0.15) is 6.61 Å². The Bertz CT molecular complexity index is 656. The maximum absolute atomic E-state index is 11.7. The van der Waals surface area contributed by atoms with E-state index in [1.165, 1.54) is 44.9 Å². The van der Waals surface area contributed by atoms with Crippen LogP contribution in [0.25, 0.3) is 0 Å². The van der Waals surface area contributed by atoms with Crippen molar-refractivity contribution in [3.05, 3.63) is 0 Å². The summed E-state index contributed by atoms with van der Waals surface area (Å²) in [5, 5.41) is 2.79. The van der Waals surface area contributed by atoms with Crippen LogP contribution in [0.5, 0.6) is 0 Å². The van der Waals surface area contributed by atoms with Gasteiger partial charge in [-0.1, -0.05) is 51.4 Å². The topological polar surface area (TPSA) is 166 Å². The molecule has 0 aliphatic rings. The van der Waals surface area contributed by atoms with E-state index in [1.54, 1.807) is 7.11 Å². The maximum Gasteiger partial charge on any atom is 0.407 e. The van der Waals surface area contributed by atoms with E-state index in [9.17, 15) is 4.79 Å². The van der Waals surface area contributed by atoms with Crippen molar-refractivity contribution in [2.75, 3.05) is 166 Å². The minimum absolute atomic E-state index is 0.220. The van der Waals surface area contributed by atoms with Crippen LogP contribution in [-0.2, 0) is 56.8 Å². The van der Waals surface area contributed by atoms with E-state index in [4.69, 9.17) is 62.6 Å². The van der Waals surface area contributed by atoms with E-state index < -0.39 is 6.09 Å². The lowest BCUT2D eigenvalue weighted by Crippen LogP contribution is -2.26. The van der Waals surface area contributed by atoms with Gasteiger partial charge in [-0.15, -0.1) is 0 Å². The highest BCUT2D eigenvalue weighted by Gasteiger charge is 2.01. The van der Waals surface area contributed by atoms with E-state index in [2.05, 4.69) is 5.32 Å². The van der Waals surface area contributed by atoms with E-state index in [-0.39, 0.29) is 6.61 Å². The van der Waals surface area contributed by atoms with Crippen LogP contribution in [0.3, 0.4) is 0 Å². The van der Waals surface area contributed by atoms with Gasteiger partial charge in [-0.2, -0.15) is 0 Å². The molecule has 306 valence electrons. The molecule has 0 saturated carbocycles. The smallest absolute Gasteiger partial charge is 0.407 e. The first-order valence-corrected chi connectivity index (χ1v) is 19.2. The van der Waals surface area contributed by atoms with Crippen molar-refractivity contribution in [2.45, 2.75) is 64.2 Å². The highest BCUT2D eigenvalue weighted by molar-refractivity contribution is 5.66. The summed E-state index contributed by atoms with van der Waals surface area (Å²) in [6, 6.07) is 0. The number of alkyl carbamates (subject to hydrolysis) is 1. The number of hydrogen-bond donors (Lipinski definition) is 2. The van der Waals surface area contributed by atoms with E-state index >= 15 is 0 Å². The third kappa shape index (κ3) is 46.8. The van der Waals surface area contributed by atoms with Gasteiger partial charge < -0.3 is 67.9 Å². The fourth-order valence-electron chi connectivity index (χ4n) is 4.34. The van der Waals surface area contributed by atoms with Crippen molar-refractivity contribution in [3.63, 3.8) is 0 Å². The first kappa shape index (κ1) is 49.8. The molecule has 0 aromatic rings. The molecule has 0 unspecified atom stereocenters. The Kier molecular flexibility index (Phi) is 45.7. The number of amides is 1. The molecule has 0 saturated heterocycles. The molecule has 1 amide bonds. The van der Waals surface area contributed by atoms with Crippen molar-refractivity contribution in [2.24, 2.45) is 5.73 Å². The zero-order valence-electron chi connectivity index (χ0n) is 31.9. The van der Waals surface area contributed by atoms with Crippen molar-refractivity contribution in [3.8, 4) is 0 Å². The Labute approximate surface area is 308 Å². The van der Waals surface area contributed by atoms with Gasteiger partial charge in [0.2, 0.25) is 0 Å². The molecule has 0 aromatic heterocycles. The van der Waals surface area contributed by atoms with Crippen LogP contribution < -0.4 is 11.1 Å². The van der Waals surface area contributed by atoms with Gasteiger partial charge in [0.25, 0.3) is 0 Å². The quantitative estimate of drug-likeness (QED) is 0.0873. The zero-order valence-corrected chi connectivity index (χ0v) is 31.9. The third-order valence-corrected chi connectivity index (χ3v) is 7.14. The molecule has 0 aromatic carbocycles. The molecule has 0 atom stereocenters. The van der Waals surface area contributed by atoms with Gasteiger partial charge in [-0.3, -0.25) is 0 Å². The Hall–Kier alpha value is -1.21. The average Bonchev–Trinajstić information content (AvgIpc) is 3.14. The monoisotopic (exact) mass is 743 g/mol.